The Hall–Kier alpha value is -3.14. The van der Waals surface area contributed by atoms with Crippen LogP contribution in [0.3, 0.4) is 0 Å². The summed E-state index contributed by atoms with van der Waals surface area (Å²) in [7, 11) is -4.29. The summed E-state index contributed by atoms with van der Waals surface area (Å²) >= 11 is 0. The number of hydrogen-bond acceptors (Lipinski definition) is 5. The summed E-state index contributed by atoms with van der Waals surface area (Å²) in [6.45, 7) is 1.48. The number of aromatic nitrogens is 1. The minimum atomic E-state index is -4.65. The monoisotopic (exact) mass is 409 g/mol. The second kappa shape index (κ2) is 7.47. The van der Waals surface area contributed by atoms with Crippen LogP contribution in [-0.2, 0) is 16.2 Å². The van der Waals surface area contributed by atoms with E-state index in [2.05, 4.69) is 10.3 Å². The SMILES string of the molecule is C/C(=N\NS(=O)(=O)c1cccc(C(F)(F)F)c1)c1cc(-c2ccccc2)no1. The molecule has 1 N–H and O–H groups in total. The van der Waals surface area contributed by atoms with E-state index in [1.165, 1.54) is 6.92 Å². The van der Waals surface area contributed by atoms with Crippen molar-refractivity contribution < 1.29 is 26.1 Å². The van der Waals surface area contributed by atoms with Gasteiger partial charge in [-0.25, -0.2) is 0 Å². The van der Waals surface area contributed by atoms with Crippen molar-refractivity contribution in [1.82, 2.24) is 9.99 Å². The first-order chi connectivity index (χ1) is 13.2. The van der Waals surface area contributed by atoms with Crippen LogP contribution in [0.1, 0.15) is 18.2 Å². The van der Waals surface area contributed by atoms with E-state index in [1.807, 2.05) is 35.2 Å². The van der Waals surface area contributed by atoms with Gasteiger partial charge in [-0.2, -0.15) is 31.5 Å². The fourth-order valence-corrected chi connectivity index (χ4v) is 3.17. The van der Waals surface area contributed by atoms with Gasteiger partial charge >= 0.3 is 6.18 Å². The summed E-state index contributed by atoms with van der Waals surface area (Å²) in [4.78, 5) is 1.35. The van der Waals surface area contributed by atoms with Gasteiger partial charge in [-0.3, -0.25) is 0 Å². The quantitative estimate of drug-likeness (QED) is 0.509. The van der Waals surface area contributed by atoms with E-state index in [-0.39, 0.29) is 11.5 Å². The first-order valence-corrected chi connectivity index (χ1v) is 9.41. The highest BCUT2D eigenvalue weighted by atomic mass is 32.2. The summed E-state index contributed by atoms with van der Waals surface area (Å²) in [6, 6.07) is 14.1. The van der Waals surface area contributed by atoms with Crippen molar-refractivity contribution in [1.29, 1.82) is 0 Å². The van der Waals surface area contributed by atoms with Crippen LogP contribution >= 0.6 is 0 Å². The molecule has 146 valence electrons. The standard InChI is InChI=1S/C18H14F3N3O3S/c1-12(17-11-16(23-27-17)13-6-3-2-4-7-13)22-24-28(25,26)15-9-5-8-14(10-15)18(19,20)21/h2-11,24H,1H3/b22-12+. The van der Waals surface area contributed by atoms with Gasteiger partial charge in [0.2, 0.25) is 0 Å². The number of rotatable bonds is 5. The van der Waals surface area contributed by atoms with E-state index in [4.69, 9.17) is 4.52 Å². The van der Waals surface area contributed by atoms with Gasteiger partial charge in [0, 0.05) is 11.6 Å². The van der Waals surface area contributed by atoms with E-state index in [1.54, 1.807) is 6.07 Å². The average molecular weight is 409 g/mol. The highest BCUT2D eigenvalue weighted by Crippen LogP contribution is 2.30. The van der Waals surface area contributed by atoms with Crippen molar-refractivity contribution in [3.8, 4) is 11.3 Å². The second-order valence-corrected chi connectivity index (χ2v) is 7.42. The van der Waals surface area contributed by atoms with Gasteiger partial charge in [0.05, 0.1) is 10.5 Å². The smallest absolute Gasteiger partial charge is 0.354 e. The predicted molar refractivity (Wildman–Crippen MR) is 95.9 cm³/mol. The van der Waals surface area contributed by atoms with Crippen LogP contribution in [0.5, 0.6) is 0 Å². The maximum absolute atomic E-state index is 12.8. The van der Waals surface area contributed by atoms with Gasteiger partial charge in [0.15, 0.2) is 5.76 Å². The third kappa shape index (κ3) is 4.39. The number of halogens is 3. The molecule has 0 bridgehead atoms. The Labute approximate surface area is 158 Å². The first kappa shape index (κ1) is 19.6. The Morgan fingerprint density at radius 3 is 2.46 bits per heavy atom. The van der Waals surface area contributed by atoms with Crippen molar-refractivity contribution in [2.75, 3.05) is 0 Å². The number of hydrogen-bond donors (Lipinski definition) is 1. The van der Waals surface area contributed by atoms with Crippen molar-refractivity contribution in [2.45, 2.75) is 18.0 Å². The summed E-state index contributed by atoms with van der Waals surface area (Å²) in [6.07, 6.45) is -4.65. The maximum atomic E-state index is 12.8. The lowest BCUT2D eigenvalue weighted by molar-refractivity contribution is -0.137. The molecule has 3 aromatic rings. The van der Waals surface area contributed by atoms with Gasteiger partial charge in [-0.05, 0) is 25.1 Å². The van der Waals surface area contributed by atoms with Crippen molar-refractivity contribution >= 4 is 15.7 Å². The normalized spacial score (nSPS) is 12.8. The van der Waals surface area contributed by atoms with Crippen molar-refractivity contribution in [2.24, 2.45) is 5.10 Å². The fraction of sp³-hybridized carbons (Fsp3) is 0.111. The molecule has 0 atom stereocenters. The molecule has 0 aliphatic heterocycles. The van der Waals surface area contributed by atoms with Gasteiger partial charge in [-0.1, -0.05) is 41.6 Å². The van der Waals surface area contributed by atoms with E-state index in [0.717, 1.165) is 23.8 Å². The summed E-state index contributed by atoms with van der Waals surface area (Å²) in [5.41, 5.74) is 0.421. The Morgan fingerprint density at radius 2 is 1.79 bits per heavy atom. The van der Waals surface area contributed by atoms with Crippen LogP contribution in [-0.4, -0.2) is 19.3 Å². The van der Waals surface area contributed by atoms with Gasteiger partial charge in [0.1, 0.15) is 11.4 Å². The van der Waals surface area contributed by atoms with Crippen LogP contribution in [0.4, 0.5) is 13.2 Å². The van der Waals surface area contributed by atoms with Gasteiger partial charge in [0.25, 0.3) is 10.0 Å². The summed E-state index contributed by atoms with van der Waals surface area (Å²) in [5.74, 6) is 0.214. The number of alkyl halides is 3. The molecule has 1 aromatic heterocycles. The molecule has 0 aliphatic rings. The van der Waals surface area contributed by atoms with Crippen LogP contribution in [0.2, 0.25) is 0 Å². The number of nitrogens with one attached hydrogen (secondary N) is 1. The molecule has 0 radical (unpaired) electrons. The molecule has 1 heterocycles. The molecule has 28 heavy (non-hydrogen) atoms. The van der Waals surface area contributed by atoms with E-state index in [9.17, 15) is 21.6 Å². The van der Waals surface area contributed by atoms with Gasteiger partial charge in [-0.15, -0.1) is 0 Å². The highest BCUT2D eigenvalue weighted by molar-refractivity contribution is 7.89. The largest absolute Gasteiger partial charge is 0.416 e. The molecular formula is C18H14F3N3O3S. The lowest BCUT2D eigenvalue weighted by Gasteiger charge is -2.09. The highest BCUT2D eigenvalue weighted by Gasteiger charge is 2.31. The van der Waals surface area contributed by atoms with E-state index in [0.29, 0.717) is 11.8 Å². The molecule has 0 unspecified atom stereocenters. The predicted octanol–water partition coefficient (Wildman–Crippen LogP) is 4.06. The summed E-state index contributed by atoms with van der Waals surface area (Å²) < 4.78 is 68.0. The molecule has 3 rings (SSSR count). The molecule has 0 spiro atoms. The molecule has 0 saturated heterocycles. The molecule has 0 amide bonds. The molecular weight excluding hydrogens is 395 g/mol. The van der Waals surface area contributed by atoms with E-state index >= 15 is 0 Å². The molecule has 0 aliphatic carbocycles. The van der Waals surface area contributed by atoms with Crippen LogP contribution in [0.15, 0.2) is 75.2 Å². The molecule has 0 fully saturated rings. The van der Waals surface area contributed by atoms with Gasteiger partial charge < -0.3 is 4.52 Å². The lowest BCUT2D eigenvalue weighted by atomic mass is 10.1. The molecule has 2 aromatic carbocycles. The van der Waals surface area contributed by atoms with Crippen LogP contribution < -0.4 is 4.83 Å². The Balaban J connectivity index is 1.80. The van der Waals surface area contributed by atoms with Crippen LogP contribution in [0.25, 0.3) is 11.3 Å². The third-order valence-electron chi connectivity index (χ3n) is 3.74. The van der Waals surface area contributed by atoms with E-state index < -0.39 is 26.7 Å². The minimum Gasteiger partial charge on any atom is -0.354 e. The zero-order valence-electron chi connectivity index (χ0n) is 14.4. The maximum Gasteiger partial charge on any atom is 0.416 e. The van der Waals surface area contributed by atoms with Crippen molar-refractivity contribution in [3.63, 3.8) is 0 Å². The molecule has 0 saturated carbocycles. The average Bonchev–Trinajstić information content (AvgIpc) is 3.17. The minimum absolute atomic E-state index is 0.158. The Bertz CT molecular complexity index is 1110. The fourth-order valence-electron chi connectivity index (χ4n) is 2.27. The number of nitrogens with zero attached hydrogens (tertiary/aromatic N) is 2. The number of hydrazone groups is 1. The van der Waals surface area contributed by atoms with Crippen LogP contribution in [0, 0.1) is 0 Å². The third-order valence-corrected chi connectivity index (χ3v) is 4.95. The zero-order chi connectivity index (χ0) is 20.4. The number of sulfonamides is 1. The Morgan fingerprint density at radius 1 is 1.07 bits per heavy atom. The van der Waals surface area contributed by atoms with Crippen molar-refractivity contribution in [3.05, 3.63) is 72.0 Å². The zero-order valence-corrected chi connectivity index (χ0v) is 15.3. The molecule has 10 heteroatoms. The topological polar surface area (TPSA) is 84.6 Å². The first-order valence-electron chi connectivity index (χ1n) is 7.93. The lowest BCUT2D eigenvalue weighted by Crippen LogP contribution is -2.20. The summed E-state index contributed by atoms with van der Waals surface area (Å²) in [5, 5.41) is 7.60. The second-order valence-electron chi connectivity index (χ2n) is 5.76. The molecule has 6 nitrogen and oxygen atoms in total. The Kier molecular flexibility index (Phi) is 5.23. The number of benzene rings is 2.